The van der Waals surface area contributed by atoms with Crippen molar-refractivity contribution >= 4 is 21.6 Å². The maximum absolute atomic E-state index is 12.7. The third-order valence-corrected chi connectivity index (χ3v) is 7.58. The van der Waals surface area contributed by atoms with Gasteiger partial charge in [0, 0.05) is 18.3 Å². The van der Waals surface area contributed by atoms with E-state index in [-0.39, 0.29) is 36.1 Å². The van der Waals surface area contributed by atoms with Crippen LogP contribution in [0.3, 0.4) is 0 Å². The van der Waals surface area contributed by atoms with Crippen LogP contribution in [0.25, 0.3) is 0 Å². The lowest BCUT2D eigenvalue weighted by atomic mass is 10.2. The molecule has 2 aliphatic rings. The number of nitrogens with zero attached hydrogens (tertiary/aromatic N) is 3. The fourth-order valence-corrected chi connectivity index (χ4v) is 5.81. The second kappa shape index (κ2) is 8.23. The predicted molar refractivity (Wildman–Crippen MR) is 106 cm³/mol. The lowest BCUT2D eigenvalue weighted by Gasteiger charge is -2.23. The Morgan fingerprint density at radius 1 is 1.39 bits per heavy atom. The molecular weight excluding hydrogens is 380 g/mol. The van der Waals surface area contributed by atoms with Gasteiger partial charge in [0.05, 0.1) is 36.3 Å². The number of hydrogen-bond donors (Lipinski definition) is 1. The summed E-state index contributed by atoms with van der Waals surface area (Å²) in [5, 5.41) is 12.5. The first-order valence-corrected chi connectivity index (χ1v) is 11.5. The smallest absolute Gasteiger partial charge is 0.239 e. The summed E-state index contributed by atoms with van der Waals surface area (Å²) in [5.41, 5.74) is 2.26. The third-order valence-electron chi connectivity index (χ3n) is 5.83. The largest absolute Gasteiger partial charge is 0.376 e. The van der Waals surface area contributed by atoms with Crippen LogP contribution in [0.15, 0.2) is 0 Å². The second-order valence-corrected chi connectivity index (χ2v) is 10.0. The Kier molecular flexibility index (Phi) is 6.12. The molecular formula is C19H28N4O4S. The van der Waals surface area contributed by atoms with E-state index in [1.54, 1.807) is 11.9 Å². The van der Waals surface area contributed by atoms with Crippen molar-refractivity contribution in [2.75, 3.05) is 37.0 Å². The van der Waals surface area contributed by atoms with Crippen LogP contribution in [0.1, 0.15) is 36.1 Å². The average molecular weight is 409 g/mol. The van der Waals surface area contributed by atoms with E-state index in [2.05, 4.69) is 11.4 Å². The number of likely N-dealkylation sites (N-methyl/N-ethyl adjacent to an activating group) is 1. The van der Waals surface area contributed by atoms with Crippen molar-refractivity contribution in [3.8, 4) is 6.07 Å². The summed E-state index contributed by atoms with van der Waals surface area (Å²) in [6.45, 7) is 5.24. The Morgan fingerprint density at radius 3 is 2.71 bits per heavy atom. The minimum Gasteiger partial charge on any atom is -0.376 e. The van der Waals surface area contributed by atoms with E-state index in [1.165, 1.54) is 0 Å². The van der Waals surface area contributed by atoms with Crippen molar-refractivity contribution in [2.24, 2.45) is 0 Å². The van der Waals surface area contributed by atoms with Crippen molar-refractivity contribution in [1.82, 2.24) is 9.47 Å². The van der Waals surface area contributed by atoms with Crippen LogP contribution in [0.5, 0.6) is 0 Å². The Morgan fingerprint density at radius 2 is 2.14 bits per heavy atom. The molecule has 3 rings (SSSR count). The summed E-state index contributed by atoms with van der Waals surface area (Å²) in [6.07, 6.45) is 2.61. The summed E-state index contributed by atoms with van der Waals surface area (Å²) in [6, 6.07) is 2.06. The number of amides is 1. The molecule has 0 saturated carbocycles. The monoisotopic (exact) mass is 408 g/mol. The fourth-order valence-electron chi connectivity index (χ4n) is 4.00. The summed E-state index contributed by atoms with van der Waals surface area (Å²) >= 11 is 0. The summed E-state index contributed by atoms with van der Waals surface area (Å²) in [5.74, 6) is 0.512. The zero-order valence-corrected chi connectivity index (χ0v) is 17.5. The minimum atomic E-state index is -3.00. The molecule has 2 atom stereocenters. The van der Waals surface area contributed by atoms with E-state index < -0.39 is 9.84 Å². The highest BCUT2D eigenvalue weighted by atomic mass is 32.2. The predicted octanol–water partition coefficient (Wildman–Crippen LogP) is 1.21. The van der Waals surface area contributed by atoms with Crippen LogP contribution in [-0.4, -0.2) is 67.6 Å². The van der Waals surface area contributed by atoms with E-state index in [0.29, 0.717) is 24.3 Å². The molecule has 9 heteroatoms. The van der Waals surface area contributed by atoms with Gasteiger partial charge in [-0.25, -0.2) is 8.42 Å². The van der Waals surface area contributed by atoms with E-state index in [9.17, 15) is 18.5 Å². The van der Waals surface area contributed by atoms with Gasteiger partial charge in [0.15, 0.2) is 9.84 Å². The van der Waals surface area contributed by atoms with Crippen molar-refractivity contribution in [3.05, 3.63) is 16.8 Å². The molecule has 3 heterocycles. The Balaban J connectivity index is 1.74. The van der Waals surface area contributed by atoms with Gasteiger partial charge < -0.3 is 14.6 Å². The number of nitriles is 1. The van der Waals surface area contributed by atoms with E-state index in [4.69, 9.17) is 4.74 Å². The number of hydrogen-bond acceptors (Lipinski definition) is 6. The Hall–Kier alpha value is -1.89. The van der Waals surface area contributed by atoms with Gasteiger partial charge in [0.25, 0.3) is 0 Å². The van der Waals surface area contributed by atoms with E-state index in [0.717, 1.165) is 30.7 Å². The van der Waals surface area contributed by atoms with Crippen LogP contribution in [-0.2, 0) is 25.9 Å². The normalized spacial score (nSPS) is 23.8. The van der Waals surface area contributed by atoms with Gasteiger partial charge in [-0.05, 0) is 45.7 Å². The maximum Gasteiger partial charge on any atom is 0.239 e. The SMILES string of the molecule is Cc1c(C#N)c(NC(=O)CN(C)[C@@H]2CCS(=O)(=O)C2)n(C[C@@H]2CCCO2)c1C. The zero-order valence-electron chi connectivity index (χ0n) is 16.7. The van der Waals surface area contributed by atoms with Gasteiger partial charge in [-0.2, -0.15) is 5.26 Å². The number of carbonyl (C=O) groups excluding carboxylic acids is 1. The van der Waals surface area contributed by atoms with E-state index >= 15 is 0 Å². The molecule has 0 unspecified atom stereocenters. The lowest BCUT2D eigenvalue weighted by molar-refractivity contribution is -0.117. The van der Waals surface area contributed by atoms with Crippen LogP contribution in [0, 0.1) is 25.2 Å². The number of anilines is 1. The highest BCUT2D eigenvalue weighted by molar-refractivity contribution is 7.91. The molecule has 1 amide bonds. The topological polar surface area (TPSA) is 104 Å². The molecule has 0 spiro atoms. The molecule has 0 radical (unpaired) electrons. The first-order valence-electron chi connectivity index (χ1n) is 9.63. The van der Waals surface area contributed by atoms with Gasteiger partial charge in [-0.3, -0.25) is 9.69 Å². The van der Waals surface area contributed by atoms with Gasteiger partial charge >= 0.3 is 0 Å². The van der Waals surface area contributed by atoms with Crippen LogP contribution < -0.4 is 5.32 Å². The van der Waals surface area contributed by atoms with Crippen molar-refractivity contribution in [1.29, 1.82) is 5.26 Å². The first-order chi connectivity index (χ1) is 13.2. The maximum atomic E-state index is 12.7. The molecule has 154 valence electrons. The number of carbonyl (C=O) groups is 1. The molecule has 2 aliphatic heterocycles. The molecule has 28 heavy (non-hydrogen) atoms. The zero-order chi connectivity index (χ0) is 20.5. The quantitative estimate of drug-likeness (QED) is 0.759. The molecule has 1 aromatic rings. The van der Waals surface area contributed by atoms with Crippen LogP contribution in [0.4, 0.5) is 5.82 Å². The van der Waals surface area contributed by atoms with Gasteiger partial charge in [-0.1, -0.05) is 0 Å². The van der Waals surface area contributed by atoms with Gasteiger partial charge in [-0.15, -0.1) is 0 Å². The summed E-state index contributed by atoms with van der Waals surface area (Å²) in [7, 11) is -1.24. The lowest BCUT2D eigenvalue weighted by Crippen LogP contribution is -2.39. The fraction of sp³-hybridized carbons (Fsp3) is 0.684. The number of aromatic nitrogens is 1. The van der Waals surface area contributed by atoms with Crippen molar-refractivity contribution in [3.63, 3.8) is 0 Å². The third kappa shape index (κ3) is 4.40. The molecule has 1 aromatic heterocycles. The number of ether oxygens (including phenoxy) is 1. The number of nitrogens with one attached hydrogen (secondary N) is 1. The van der Waals surface area contributed by atoms with Crippen LogP contribution in [0.2, 0.25) is 0 Å². The second-order valence-electron chi connectivity index (χ2n) is 7.81. The van der Waals surface area contributed by atoms with Crippen LogP contribution >= 0.6 is 0 Å². The molecule has 0 aliphatic carbocycles. The van der Waals surface area contributed by atoms with Gasteiger partial charge in [0.2, 0.25) is 5.91 Å². The molecule has 2 fully saturated rings. The minimum absolute atomic E-state index is 0.0776. The highest BCUT2D eigenvalue weighted by Gasteiger charge is 2.31. The van der Waals surface area contributed by atoms with E-state index in [1.807, 2.05) is 18.4 Å². The van der Waals surface area contributed by atoms with Crippen molar-refractivity contribution < 1.29 is 17.9 Å². The Bertz CT molecular complexity index is 894. The molecule has 2 saturated heterocycles. The van der Waals surface area contributed by atoms with Gasteiger partial charge in [0.1, 0.15) is 11.9 Å². The summed E-state index contributed by atoms with van der Waals surface area (Å²) < 4.78 is 31.0. The molecule has 8 nitrogen and oxygen atoms in total. The standard InChI is InChI=1S/C19H28N4O4S/c1-13-14(2)23(10-16-5-4-7-27-16)19(17(13)9-20)21-18(24)11-22(3)15-6-8-28(25,26)12-15/h15-16H,4-8,10-12H2,1-3H3,(H,21,24)/t15-,16+/m1/s1. The summed E-state index contributed by atoms with van der Waals surface area (Å²) in [4.78, 5) is 14.4. The first kappa shape index (κ1) is 20.8. The Labute approximate surface area is 166 Å². The number of sulfone groups is 1. The highest BCUT2D eigenvalue weighted by Crippen LogP contribution is 2.28. The molecule has 1 N–H and O–H groups in total. The number of rotatable bonds is 6. The van der Waals surface area contributed by atoms with Crippen molar-refractivity contribution in [2.45, 2.75) is 51.8 Å². The average Bonchev–Trinajstić information content (AvgIpc) is 3.31. The molecule has 0 bridgehead atoms. The molecule has 0 aromatic carbocycles.